The van der Waals surface area contributed by atoms with Crippen LogP contribution in [-0.4, -0.2) is 20.7 Å². The van der Waals surface area contributed by atoms with Gasteiger partial charge in [-0.15, -0.1) is 0 Å². The molecular formula is C24H16ClFN4O2. The maximum atomic E-state index is 13.3. The Morgan fingerprint density at radius 1 is 1.06 bits per heavy atom. The quantitative estimate of drug-likeness (QED) is 0.398. The highest BCUT2D eigenvalue weighted by Gasteiger charge is 2.15. The van der Waals surface area contributed by atoms with Crippen LogP contribution in [0.4, 0.5) is 10.1 Å². The molecule has 2 N–H and O–H groups in total. The van der Waals surface area contributed by atoms with Crippen LogP contribution >= 0.6 is 11.6 Å². The van der Waals surface area contributed by atoms with E-state index in [9.17, 15) is 14.0 Å². The molecule has 0 saturated heterocycles. The minimum atomic E-state index is -0.393. The van der Waals surface area contributed by atoms with Gasteiger partial charge in [0, 0.05) is 27.9 Å². The monoisotopic (exact) mass is 446 g/mol. The second kappa shape index (κ2) is 7.62. The maximum Gasteiger partial charge on any atom is 0.280 e. The van der Waals surface area contributed by atoms with Gasteiger partial charge in [0.1, 0.15) is 5.82 Å². The number of fused-ring (bicyclic) bond motifs is 3. The fourth-order valence-corrected chi connectivity index (χ4v) is 3.73. The number of aromatic nitrogens is 3. The van der Waals surface area contributed by atoms with Crippen LogP contribution in [0.5, 0.6) is 0 Å². The van der Waals surface area contributed by atoms with E-state index in [4.69, 9.17) is 11.6 Å². The van der Waals surface area contributed by atoms with Crippen molar-refractivity contribution in [2.75, 3.05) is 5.32 Å². The normalized spacial score (nSPS) is 11.2. The van der Waals surface area contributed by atoms with Gasteiger partial charge in [-0.05, 0) is 67.1 Å². The lowest BCUT2D eigenvalue weighted by atomic mass is 10.1. The largest absolute Gasteiger partial charge is 0.322 e. The predicted octanol–water partition coefficient (Wildman–Crippen LogP) is 5.22. The predicted molar refractivity (Wildman–Crippen MR) is 123 cm³/mol. The molecule has 6 nitrogen and oxygen atoms in total. The van der Waals surface area contributed by atoms with Gasteiger partial charge in [0.25, 0.3) is 11.5 Å². The molecule has 0 aliphatic heterocycles. The molecule has 2 heterocycles. The summed E-state index contributed by atoms with van der Waals surface area (Å²) >= 11 is 6.15. The van der Waals surface area contributed by atoms with Crippen LogP contribution in [0.1, 0.15) is 15.9 Å². The Bertz CT molecular complexity index is 1570. The number of aromatic amines is 1. The second-order valence-corrected chi connectivity index (χ2v) is 7.83. The van der Waals surface area contributed by atoms with Crippen LogP contribution in [0.2, 0.25) is 5.02 Å². The lowest BCUT2D eigenvalue weighted by Crippen LogP contribution is -2.14. The number of carbonyl (C=O) groups excluding carboxylic acids is 1. The van der Waals surface area contributed by atoms with Gasteiger partial charge in [0.2, 0.25) is 0 Å². The van der Waals surface area contributed by atoms with E-state index in [-0.39, 0.29) is 11.5 Å². The average molecular weight is 447 g/mol. The summed E-state index contributed by atoms with van der Waals surface area (Å²) in [5.41, 5.74) is 3.24. The van der Waals surface area contributed by atoms with E-state index in [0.29, 0.717) is 43.8 Å². The summed E-state index contributed by atoms with van der Waals surface area (Å²) in [6.45, 7) is 1.88. The molecule has 2 aromatic heterocycles. The van der Waals surface area contributed by atoms with Crippen molar-refractivity contribution in [3.05, 3.63) is 99.2 Å². The van der Waals surface area contributed by atoms with E-state index in [1.807, 2.05) is 13.0 Å². The number of anilines is 1. The van der Waals surface area contributed by atoms with Gasteiger partial charge in [-0.1, -0.05) is 17.7 Å². The van der Waals surface area contributed by atoms with Crippen molar-refractivity contribution in [2.24, 2.45) is 0 Å². The standard InChI is InChI=1S/C24H16ClFN4O2/c1-13-2-6-16(11-20(13)25)28-23(31)14-3-9-21-18(10-14)22-19(12-27-21)24(32)30(29-22)17-7-4-15(26)5-8-17/h2-12,29H,1H3,(H,28,31). The van der Waals surface area contributed by atoms with Gasteiger partial charge in [0.15, 0.2) is 0 Å². The number of carbonyl (C=O) groups is 1. The number of benzene rings is 3. The van der Waals surface area contributed by atoms with Crippen LogP contribution < -0.4 is 10.9 Å². The molecule has 0 radical (unpaired) electrons. The smallest absolute Gasteiger partial charge is 0.280 e. The first kappa shape index (κ1) is 20.0. The van der Waals surface area contributed by atoms with Crippen molar-refractivity contribution in [1.29, 1.82) is 0 Å². The SMILES string of the molecule is Cc1ccc(NC(=O)c2ccc3ncc4c(=O)n(-c5ccc(F)cc5)[nH]c4c3c2)cc1Cl. The molecule has 0 atom stereocenters. The molecule has 0 fully saturated rings. The highest BCUT2D eigenvalue weighted by molar-refractivity contribution is 6.31. The van der Waals surface area contributed by atoms with Crippen LogP contribution in [0.25, 0.3) is 27.5 Å². The number of H-pyrrole nitrogens is 1. The summed E-state index contributed by atoms with van der Waals surface area (Å²) in [5, 5.41) is 7.44. The van der Waals surface area contributed by atoms with Crippen LogP contribution in [-0.2, 0) is 0 Å². The van der Waals surface area contributed by atoms with E-state index in [2.05, 4.69) is 15.4 Å². The summed E-state index contributed by atoms with van der Waals surface area (Å²) in [6.07, 6.45) is 1.49. The molecule has 8 heteroatoms. The van der Waals surface area contributed by atoms with Crippen molar-refractivity contribution >= 4 is 45.0 Å². The maximum absolute atomic E-state index is 13.3. The van der Waals surface area contributed by atoms with E-state index in [0.717, 1.165) is 5.56 Å². The molecule has 32 heavy (non-hydrogen) atoms. The van der Waals surface area contributed by atoms with Gasteiger partial charge in [-0.2, -0.15) is 0 Å². The summed E-state index contributed by atoms with van der Waals surface area (Å²) in [6, 6.07) is 15.9. The van der Waals surface area contributed by atoms with E-state index in [1.165, 1.54) is 35.1 Å². The van der Waals surface area contributed by atoms with Gasteiger partial charge in [-0.25, -0.2) is 9.07 Å². The van der Waals surface area contributed by atoms with Crippen molar-refractivity contribution in [3.63, 3.8) is 0 Å². The molecule has 158 valence electrons. The number of nitrogens with zero attached hydrogens (tertiary/aromatic N) is 2. The topological polar surface area (TPSA) is 79.8 Å². The van der Waals surface area contributed by atoms with Gasteiger partial charge in [0.05, 0.1) is 22.1 Å². The minimum absolute atomic E-state index is 0.315. The Kier molecular flexibility index (Phi) is 4.75. The van der Waals surface area contributed by atoms with Crippen molar-refractivity contribution in [1.82, 2.24) is 14.8 Å². The molecule has 5 rings (SSSR count). The first-order valence-corrected chi connectivity index (χ1v) is 10.2. The molecule has 1 amide bonds. The Hall–Kier alpha value is -3.97. The first-order chi connectivity index (χ1) is 15.4. The number of rotatable bonds is 3. The zero-order chi connectivity index (χ0) is 22.4. The number of pyridine rings is 1. The first-order valence-electron chi connectivity index (χ1n) is 9.77. The molecule has 0 bridgehead atoms. The third kappa shape index (κ3) is 3.42. The molecule has 0 saturated carbocycles. The summed E-state index contributed by atoms with van der Waals surface area (Å²) in [5.74, 6) is -0.709. The fourth-order valence-electron chi connectivity index (χ4n) is 3.55. The molecule has 5 aromatic rings. The van der Waals surface area contributed by atoms with Gasteiger partial charge < -0.3 is 5.32 Å². The number of aryl methyl sites for hydroxylation is 1. The van der Waals surface area contributed by atoms with Crippen LogP contribution in [0.15, 0.2) is 71.7 Å². The number of hydrogen-bond acceptors (Lipinski definition) is 3. The highest BCUT2D eigenvalue weighted by atomic mass is 35.5. The number of nitrogens with one attached hydrogen (secondary N) is 2. The third-order valence-corrected chi connectivity index (χ3v) is 5.71. The van der Waals surface area contributed by atoms with Gasteiger partial charge >= 0.3 is 0 Å². The number of amides is 1. The Labute approximate surface area is 186 Å². The minimum Gasteiger partial charge on any atom is -0.322 e. The molecular weight excluding hydrogens is 431 g/mol. The van der Waals surface area contributed by atoms with Gasteiger partial charge in [-0.3, -0.25) is 19.7 Å². The average Bonchev–Trinajstić information content (AvgIpc) is 3.13. The Balaban J connectivity index is 1.59. The molecule has 0 spiro atoms. The Morgan fingerprint density at radius 3 is 2.59 bits per heavy atom. The van der Waals surface area contributed by atoms with Crippen molar-refractivity contribution in [2.45, 2.75) is 6.92 Å². The zero-order valence-electron chi connectivity index (χ0n) is 16.8. The summed E-state index contributed by atoms with van der Waals surface area (Å²) in [7, 11) is 0. The van der Waals surface area contributed by atoms with E-state index < -0.39 is 5.82 Å². The summed E-state index contributed by atoms with van der Waals surface area (Å²) < 4.78 is 14.6. The fraction of sp³-hybridized carbons (Fsp3) is 0.0417. The van der Waals surface area contributed by atoms with E-state index in [1.54, 1.807) is 30.3 Å². The zero-order valence-corrected chi connectivity index (χ0v) is 17.6. The van der Waals surface area contributed by atoms with Crippen LogP contribution in [0, 0.1) is 12.7 Å². The lowest BCUT2D eigenvalue weighted by molar-refractivity contribution is 0.102. The molecule has 0 aliphatic carbocycles. The van der Waals surface area contributed by atoms with Crippen LogP contribution in [0.3, 0.4) is 0 Å². The Morgan fingerprint density at radius 2 is 1.84 bits per heavy atom. The van der Waals surface area contributed by atoms with E-state index >= 15 is 0 Å². The number of halogens is 2. The summed E-state index contributed by atoms with van der Waals surface area (Å²) in [4.78, 5) is 30.1. The van der Waals surface area contributed by atoms with Crippen molar-refractivity contribution in [3.8, 4) is 5.69 Å². The number of hydrogen-bond donors (Lipinski definition) is 2. The second-order valence-electron chi connectivity index (χ2n) is 7.43. The molecule has 3 aromatic carbocycles. The molecule has 0 unspecified atom stereocenters. The highest BCUT2D eigenvalue weighted by Crippen LogP contribution is 2.24. The lowest BCUT2D eigenvalue weighted by Gasteiger charge is -2.08. The third-order valence-electron chi connectivity index (χ3n) is 5.30. The van der Waals surface area contributed by atoms with Crippen molar-refractivity contribution < 1.29 is 9.18 Å². The molecule has 0 aliphatic rings.